The number of ether oxygens (including phenoxy) is 1. The molecule has 5 heteroatoms. The minimum atomic E-state index is -0.454. The van der Waals surface area contributed by atoms with Crippen LogP contribution in [0.2, 0.25) is 0 Å². The summed E-state index contributed by atoms with van der Waals surface area (Å²) in [6.07, 6.45) is -0.209. The first kappa shape index (κ1) is 17.2. The van der Waals surface area contributed by atoms with Crippen LogP contribution in [0.25, 0.3) is 0 Å². The van der Waals surface area contributed by atoms with Crippen LogP contribution in [0, 0.1) is 11.3 Å². The van der Waals surface area contributed by atoms with E-state index in [1.54, 1.807) is 0 Å². The lowest BCUT2D eigenvalue weighted by Crippen LogP contribution is -2.42. The number of hydrogen-bond acceptors (Lipinski definition) is 4. The summed E-state index contributed by atoms with van der Waals surface area (Å²) in [6.45, 7) is 10.7. The zero-order chi connectivity index (χ0) is 17.4. The fourth-order valence-electron chi connectivity index (χ4n) is 4.01. The molecule has 1 aromatic rings. The van der Waals surface area contributed by atoms with Crippen molar-refractivity contribution in [1.82, 2.24) is 9.80 Å². The summed E-state index contributed by atoms with van der Waals surface area (Å²) in [5.74, 6) is 0.429. The Balaban J connectivity index is 1.63. The van der Waals surface area contributed by atoms with E-state index in [2.05, 4.69) is 29.2 Å². The third-order valence-electron chi connectivity index (χ3n) is 5.14. The Morgan fingerprint density at radius 2 is 1.96 bits per heavy atom. The molecule has 24 heavy (non-hydrogen) atoms. The average Bonchev–Trinajstić information content (AvgIpc) is 3.00. The Labute approximate surface area is 144 Å². The summed E-state index contributed by atoms with van der Waals surface area (Å²) in [5.41, 5.74) is 7.03. The van der Waals surface area contributed by atoms with Gasteiger partial charge in [0.15, 0.2) is 0 Å². The monoisotopic (exact) mass is 331 g/mol. The summed E-state index contributed by atoms with van der Waals surface area (Å²) in [5, 5.41) is 0. The van der Waals surface area contributed by atoms with Crippen LogP contribution in [-0.2, 0) is 11.3 Å². The minimum absolute atomic E-state index is 0.00564. The predicted octanol–water partition coefficient (Wildman–Crippen LogP) is 2.31. The van der Waals surface area contributed by atoms with Gasteiger partial charge in [-0.3, -0.25) is 4.90 Å². The lowest BCUT2D eigenvalue weighted by atomic mass is 9.81. The number of amides is 1. The van der Waals surface area contributed by atoms with Crippen molar-refractivity contribution in [2.24, 2.45) is 17.1 Å². The van der Waals surface area contributed by atoms with Crippen molar-refractivity contribution < 1.29 is 9.53 Å². The fraction of sp³-hybridized carbons (Fsp3) is 0.632. The van der Waals surface area contributed by atoms with Gasteiger partial charge in [-0.1, -0.05) is 30.3 Å². The van der Waals surface area contributed by atoms with E-state index in [1.807, 2.05) is 31.7 Å². The molecular formula is C19H29N3O2. The maximum atomic E-state index is 12.4. The molecule has 3 rings (SSSR count). The van der Waals surface area contributed by atoms with E-state index in [9.17, 15) is 4.79 Å². The average molecular weight is 331 g/mol. The number of rotatable bonds is 3. The molecule has 0 bridgehead atoms. The van der Waals surface area contributed by atoms with Crippen molar-refractivity contribution >= 4 is 6.09 Å². The summed E-state index contributed by atoms with van der Waals surface area (Å²) >= 11 is 0. The zero-order valence-corrected chi connectivity index (χ0v) is 15.0. The van der Waals surface area contributed by atoms with Gasteiger partial charge in [-0.15, -0.1) is 0 Å². The molecule has 2 saturated heterocycles. The molecule has 0 aromatic heterocycles. The molecule has 0 spiro atoms. The van der Waals surface area contributed by atoms with Crippen molar-refractivity contribution in [3.05, 3.63) is 35.9 Å². The number of carbonyl (C=O) groups excluding carboxylic acids is 1. The molecule has 2 fully saturated rings. The topological polar surface area (TPSA) is 58.8 Å². The Kier molecular flexibility index (Phi) is 4.58. The molecule has 132 valence electrons. The highest BCUT2D eigenvalue weighted by molar-refractivity contribution is 5.68. The second kappa shape index (κ2) is 6.37. The minimum Gasteiger partial charge on any atom is -0.444 e. The molecule has 5 nitrogen and oxygen atoms in total. The van der Waals surface area contributed by atoms with Crippen molar-refractivity contribution in [3.63, 3.8) is 0 Å². The first-order valence-electron chi connectivity index (χ1n) is 8.76. The van der Waals surface area contributed by atoms with Gasteiger partial charge in [0, 0.05) is 44.7 Å². The number of carbonyl (C=O) groups is 1. The van der Waals surface area contributed by atoms with E-state index in [4.69, 9.17) is 10.5 Å². The highest BCUT2D eigenvalue weighted by atomic mass is 16.6. The normalized spacial score (nSPS) is 27.3. The lowest BCUT2D eigenvalue weighted by molar-refractivity contribution is 0.0260. The van der Waals surface area contributed by atoms with Crippen LogP contribution in [0.4, 0.5) is 4.79 Å². The van der Waals surface area contributed by atoms with E-state index in [1.165, 1.54) is 5.56 Å². The van der Waals surface area contributed by atoms with Crippen molar-refractivity contribution in [2.45, 2.75) is 32.9 Å². The molecule has 2 heterocycles. The SMILES string of the molecule is CC(C)(C)OC(=O)N1CC2CN(Cc3ccccc3)CC2(CN)C1. The van der Waals surface area contributed by atoms with Gasteiger partial charge >= 0.3 is 6.09 Å². The Hall–Kier alpha value is -1.59. The molecule has 2 aliphatic heterocycles. The molecule has 1 aromatic carbocycles. The van der Waals surface area contributed by atoms with Crippen LogP contribution >= 0.6 is 0 Å². The molecule has 0 saturated carbocycles. The van der Waals surface area contributed by atoms with Crippen LogP contribution in [0.3, 0.4) is 0 Å². The van der Waals surface area contributed by atoms with E-state index in [-0.39, 0.29) is 11.5 Å². The number of likely N-dealkylation sites (tertiary alicyclic amines) is 2. The Bertz CT molecular complexity index is 584. The quantitative estimate of drug-likeness (QED) is 0.923. The third kappa shape index (κ3) is 3.57. The number of hydrogen-bond donors (Lipinski definition) is 1. The standard InChI is InChI=1S/C19H29N3O2/c1-18(2,3)24-17(23)22-11-16-10-21(13-19(16,12-20)14-22)9-15-7-5-4-6-8-15/h4-8,16H,9-14,20H2,1-3H3. The van der Waals surface area contributed by atoms with Gasteiger partial charge in [0.25, 0.3) is 0 Å². The van der Waals surface area contributed by atoms with E-state index < -0.39 is 5.60 Å². The summed E-state index contributed by atoms with van der Waals surface area (Å²) in [6, 6.07) is 10.5. The summed E-state index contributed by atoms with van der Waals surface area (Å²) in [7, 11) is 0. The Morgan fingerprint density at radius 1 is 1.25 bits per heavy atom. The second-order valence-electron chi connectivity index (χ2n) is 8.28. The highest BCUT2D eigenvalue weighted by Crippen LogP contribution is 2.42. The van der Waals surface area contributed by atoms with Crippen molar-refractivity contribution in [2.75, 3.05) is 32.7 Å². The molecule has 0 radical (unpaired) electrons. The molecule has 2 aliphatic rings. The van der Waals surface area contributed by atoms with Crippen LogP contribution in [0.15, 0.2) is 30.3 Å². The molecule has 2 unspecified atom stereocenters. The summed E-state index contributed by atoms with van der Waals surface area (Å²) < 4.78 is 5.53. The number of benzene rings is 1. The maximum absolute atomic E-state index is 12.4. The van der Waals surface area contributed by atoms with Gasteiger partial charge in [-0.2, -0.15) is 0 Å². The second-order valence-corrected chi connectivity index (χ2v) is 8.28. The smallest absolute Gasteiger partial charge is 0.410 e. The van der Waals surface area contributed by atoms with Crippen molar-refractivity contribution in [3.8, 4) is 0 Å². The predicted molar refractivity (Wildman–Crippen MR) is 94.5 cm³/mol. The highest BCUT2D eigenvalue weighted by Gasteiger charge is 2.53. The summed E-state index contributed by atoms with van der Waals surface area (Å²) in [4.78, 5) is 16.7. The fourth-order valence-corrected chi connectivity index (χ4v) is 4.01. The number of fused-ring (bicyclic) bond motifs is 1. The molecule has 0 aliphatic carbocycles. The van der Waals surface area contributed by atoms with Gasteiger partial charge in [0.2, 0.25) is 0 Å². The molecule has 2 atom stereocenters. The molecule has 2 N–H and O–H groups in total. The molecular weight excluding hydrogens is 302 g/mol. The number of nitrogens with zero attached hydrogens (tertiary/aromatic N) is 2. The first-order chi connectivity index (χ1) is 11.3. The first-order valence-corrected chi connectivity index (χ1v) is 8.76. The van der Waals surface area contributed by atoms with Crippen LogP contribution in [0.1, 0.15) is 26.3 Å². The van der Waals surface area contributed by atoms with Gasteiger partial charge in [0.05, 0.1) is 0 Å². The maximum Gasteiger partial charge on any atom is 0.410 e. The molecule has 1 amide bonds. The van der Waals surface area contributed by atoms with Crippen molar-refractivity contribution in [1.29, 1.82) is 0 Å². The van der Waals surface area contributed by atoms with Gasteiger partial charge in [-0.25, -0.2) is 4.79 Å². The third-order valence-corrected chi connectivity index (χ3v) is 5.14. The largest absolute Gasteiger partial charge is 0.444 e. The van der Waals surface area contributed by atoms with Gasteiger partial charge < -0.3 is 15.4 Å². The van der Waals surface area contributed by atoms with Gasteiger partial charge in [0.1, 0.15) is 5.60 Å². The zero-order valence-electron chi connectivity index (χ0n) is 15.0. The number of nitrogens with two attached hydrogens (primary N) is 1. The van der Waals surface area contributed by atoms with Crippen LogP contribution in [-0.4, -0.2) is 54.2 Å². The van der Waals surface area contributed by atoms with Crippen LogP contribution in [0.5, 0.6) is 0 Å². The van der Waals surface area contributed by atoms with Gasteiger partial charge in [-0.05, 0) is 32.3 Å². The van der Waals surface area contributed by atoms with E-state index >= 15 is 0 Å². The Morgan fingerprint density at radius 3 is 2.54 bits per heavy atom. The van der Waals surface area contributed by atoms with E-state index in [0.29, 0.717) is 19.0 Å². The lowest BCUT2D eigenvalue weighted by Gasteiger charge is -2.29. The van der Waals surface area contributed by atoms with Crippen LogP contribution < -0.4 is 5.73 Å². The van der Waals surface area contributed by atoms with E-state index in [0.717, 1.165) is 26.2 Å².